The average Bonchev–Trinajstić information content (AvgIpc) is 3.78. The van der Waals surface area contributed by atoms with Crippen molar-refractivity contribution in [3.8, 4) is 11.3 Å². The molecule has 50 heavy (non-hydrogen) atoms. The molecule has 2 heterocycles. The van der Waals surface area contributed by atoms with Gasteiger partial charge in [0.2, 0.25) is 0 Å². The zero-order valence-electron chi connectivity index (χ0n) is 31.5. The van der Waals surface area contributed by atoms with Crippen LogP contribution in [0.4, 0.5) is 0 Å². The molecule has 0 spiro atoms. The van der Waals surface area contributed by atoms with Gasteiger partial charge in [-0.1, -0.05) is 115 Å². The van der Waals surface area contributed by atoms with Crippen molar-refractivity contribution in [2.45, 2.75) is 118 Å². The number of allylic oxidation sites excluding steroid dienone is 2. The molecule has 0 saturated heterocycles. The second-order valence-corrected chi connectivity index (χ2v) is 21.7. The van der Waals surface area contributed by atoms with E-state index < -0.39 is 8.07 Å². The third kappa shape index (κ3) is 8.17. The van der Waals surface area contributed by atoms with E-state index in [1.807, 2.05) is 52.9 Å². The van der Waals surface area contributed by atoms with Crippen molar-refractivity contribution in [3.63, 3.8) is 0 Å². The zero-order chi connectivity index (χ0) is 35.6. The fraction of sp³-hybridized carbons (Fsp3) is 0.465. The van der Waals surface area contributed by atoms with Crippen LogP contribution in [0, 0.1) is 16.9 Å². The summed E-state index contributed by atoms with van der Waals surface area (Å²) in [6.07, 6.45) is 11.9. The summed E-state index contributed by atoms with van der Waals surface area (Å²) in [5.41, 5.74) is 4.08. The first-order chi connectivity index (χ1) is 23.3. The number of aliphatic hydroxyl groups excluding tert-OH is 1. The van der Waals surface area contributed by atoms with Gasteiger partial charge in [-0.3, -0.25) is 9.78 Å². The van der Waals surface area contributed by atoms with Crippen LogP contribution in [0.5, 0.6) is 0 Å². The number of hydrogen-bond donors (Lipinski definition) is 1. The Morgan fingerprint density at radius 2 is 1.56 bits per heavy atom. The summed E-state index contributed by atoms with van der Waals surface area (Å²) >= 11 is 1.84. The third-order valence-corrected chi connectivity index (χ3v) is 14.7. The molecule has 269 valence electrons. The van der Waals surface area contributed by atoms with Gasteiger partial charge in [0.15, 0.2) is 5.78 Å². The molecule has 6 rings (SSSR count). The molecule has 2 aromatic heterocycles. The molecule has 1 aliphatic rings. The molecule has 1 aliphatic carbocycles. The quantitative estimate of drug-likeness (QED) is 0.0657. The van der Waals surface area contributed by atoms with Crippen molar-refractivity contribution in [2.75, 3.05) is 0 Å². The maximum absolute atomic E-state index is 12.2. The van der Waals surface area contributed by atoms with E-state index in [1.165, 1.54) is 68.1 Å². The largest absolute Gasteiger partial charge is 0.512 e. The first kappa shape index (κ1) is 40.1. The second kappa shape index (κ2) is 16.3. The molecule has 0 amide bonds. The van der Waals surface area contributed by atoms with Crippen LogP contribution in [0.25, 0.3) is 42.3 Å². The number of hydrogen-bond acceptors (Lipinski definition) is 5. The number of thiophene rings is 1. The van der Waals surface area contributed by atoms with Crippen LogP contribution < -0.4 is 5.19 Å². The van der Waals surface area contributed by atoms with Crippen LogP contribution in [0.15, 0.2) is 66.7 Å². The van der Waals surface area contributed by atoms with Crippen molar-refractivity contribution >= 4 is 61.5 Å². The zero-order valence-corrected chi connectivity index (χ0v) is 35.7. The number of rotatable bonds is 10. The fourth-order valence-corrected chi connectivity index (χ4v) is 9.77. The standard InChI is InChI=1S/C28H27N2SSi.C15H28O2.Ir/c1-32(2,3)25-16-21(14-20-10-6-7-11-22(20)25)26-28-27(30-17-29-26)23-13-12-19(15-24(23)31-28)18-8-4-5-9-18;1-7-14(5,8-2)12(16)11-13(17)15(6,9-3)10-4;/h6-7,10-13,15-18H,4-5,8-9H2,1-3H3;11,16H,7-10H2,1-6H3;/q-1;;/b;12-11-;. The molecule has 7 heteroatoms. The van der Waals surface area contributed by atoms with Gasteiger partial charge in [0.25, 0.3) is 0 Å². The van der Waals surface area contributed by atoms with Crippen molar-refractivity contribution in [2.24, 2.45) is 10.8 Å². The number of nitrogens with zero attached hydrogens (tertiary/aromatic N) is 2. The Balaban J connectivity index is 0.000000269. The van der Waals surface area contributed by atoms with Crippen molar-refractivity contribution in [1.29, 1.82) is 0 Å². The Kier molecular flexibility index (Phi) is 13.1. The monoisotopic (exact) mass is 884 g/mol. The van der Waals surface area contributed by atoms with Gasteiger partial charge in [-0.05, 0) is 56.1 Å². The van der Waals surface area contributed by atoms with Crippen LogP contribution in [0.1, 0.15) is 104 Å². The molecule has 0 bridgehead atoms. The number of aliphatic hydroxyl groups is 1. The van der Waals surface area contributed by atoms with Gasteiger partial charge in [-0.2, -0.15) is 0 Å². The number of fused-ring (bicyclic) bond motifs is 4. The molecule has 1 saturated carbocycles. The molecule has 5 aromatic rings. The predicted octanol–water partition coefficient (Wildman–Crippen LogP) is 12.3. The summed E-state index contributed by atoms with van der Waals surface area (Å²) in [6, 6.07) is 21.7. The summed E-state index contributed by atoms with van der Waals surface area (Å²) < 4.78 is 2.51. The Labute approximate surface area is 318 Å². The Morgan fingerprint density at radius 3 is 2.18 bits per heavy atom. The summed E-state index contributed by atoms with van der Waals surface area (Å²) in [7, 11) is -1.54. The van der Waals surface area contributed by atoms with Gasteiger partial charge in [-0.25, -0.2) is 4.98 Å². The Hall–Kier alpha value is -2.70. The van der Waals surface area contributed by atoms with E-state index in [0.717, 1.165) is 48.4 Å². The SMILES string of the molecule is CCC(C)(CC)C(=O)/C=C(\O)C(C)(CC)CC.C[Si](C)(C)c1cc(-c2ncnc3c2sc2cc(C4CCCC4)ccc23)[c-]c2ccccc12.[Ir]. The van der Waals surface area contributed by atoms with Crippen LogP contribution >= 0.6 is 11.3 Å². The normalized spacial score (nSPS) is 14.5. The van der Waals surface area contributed by atoms with Gasteiger partial charge >= 0.3 is 0 Å². The Morgan fingerprint density at radius 1 is 0.920 bits per heavy atom. The molecule has 1 fully saturated rings. The number of carbonyl (C=O) groups is 1. The maximum atomic E-state index is 12.2. The third-order valence-electron chi connectivity index (χ3n) is 11.5. The number of ketones is 1. The Bertz CT molecular complexity index is 1980. The molecule has 1 radical (unpaired) electrons. The number of carbonyl (C=O) groups excluding carboxylic acids is 1. The molecule has 1 N–H and O–H groups in total. The van der Waals surface area contributed by atoms with Gasteiger partial charge in [0.1, 0.15) is 12.1 Å². The molecule has 4 nitrogen and oxygen atoms in total. The number of benzene rings is 3. The first-order valence-corrected chi connectivity index (χ1v) is 22.7. The summed E-state index contributed by atoms with van der Waals surface area (Å²) in [5, 5.41) is 15.4. The van der Waals surface area contributed by atoms with E-state index >= 15 is 0 Å². The van der Waals surface area contributed by atoms with Gasteiger partial charge in [-0.15, -0.1) is 40.1 Å². The molecule has 0 aliphatic heterocycles. The van der Waals surface area contributed by atoms with E-state index in [9.17, 15) is 9.90 Å². The van der Waals surface area contributed by atoms with E-state index in [0.29, 0.717) is 0 Å². The van der Waals surface area contributed by atoms with E-state index in [4.69, 9.17) is 9.97 Å². The fourth-order valence-electron chi connectivity index (χ4n) is 6.96. The first-order valence-electron chi connectivity index (χ1n) is 18.4. The summed E-state index contributed by atoms with van der Waals surface area (Å²) in [4.78, 5) is 21.7. The minimum atomic E-state index is -1.54. The van der Waals surface area contributed by atoms with Gasteiger partial charge in [0, 0.05) is 57.5 Å². The van der Waals surface area contributed by atoms with Crippen molar-refractivity contribution in [3.05, 3.63) is 78.3 Å². The van der Waals surface area contributed by atoms with Gasteiger partial charge < -0.3 is 5.11 Å². The van der Waals surface area contributed by atoms with E-state index in [1.54, 1.807) is 6.33 Å². The van der Waals surface area contributed by atoms with Crippen molar-refractivity contribution < 1.29 is 30.0 Å². The minimum Gasteiger partial charge on any atom is -0.512 e. The smallest absolute Gasteiger partial charge is 0.164 e. The minimum absolute atomic E-state index is 0. The van der Waals surface area contributed by atoms with Crippen LogP contribution in [-0.4, -0.2) is 28.9 Å². The van der Waals surface area contributed by atoms with Gasteiger partial charge in [0.05, 0.1) is 13.6 Å². The van der Waals surface area contributed by atoms with Crippen molar-refractivity contribution in [1.82, 2.24) is 9.97 Å². The summed E-state index contributed by atoms with van der Waals surface area (Å²) in [5.74, 6) is 1.01. The van der Waals surface area contributed by atoms with Crippen LogP contribution in [0.2, 0.25) is 19.6 Å². The van der Waals surface area contributed by atoms with E-state index in [-0.39, 0.29) is 42.5 Å². The van der Waals surface area contributed by atoms with Crippen LogP contribution in [-0.2, 0) is 24.9 Å². The average molecular weight is 884 g/mol. The molecule has 0 unspecified atom stereocenters. The number of aromatic nitrogens is 2. The maximum Gasteiger partial charge on any atom is 0.164 e. The van der Waals surface area contributed by atoms with E-state index in [2.05, 4.69) is 74.2 Å². The topological polar surface area (TPSA) is 63.1 Å². The molecular formula is C43H55IrN2O2SSi-. The van der Waals surface area contributed by atoms with Crippen LogP contribution in [0.3, 0.4) is 0 Å². The molecule has 0 atom stereocenters. The molecule has 3 aromatic carbocycles. The summed E-state index contributed by atoms with van der Waals surface area (Å²) in [6.45, 7) is 19.3. The molecular weight excluding hydrogens is 829 g/mol. The second-order valence-electron chi connectivity index (χ2n) is 15.6. The predicted molar refractivity (Wildman–Crippen MR) is 214 cm³/mol.